The van der Waals surface area contributed by atoms with Crippen LogP contribution < -0.4 is 4.74 Å². The van der Waals surface area contributed by atoms with Crippen molar-refractivity contribution in [3.8, 4) is 5.75 Å². The lowest BCUT2D eigenvalue weighted by Crippen LogP contribution is -2.11. The molecule has 0 aliphatic rings. The molecule has 2 aromatic carbocycles. The Kier molecular flexibility index (Phi) is 4.41. The van der Waals surface area contributed by atoms with Crippen LogP contribution in [0.2, 0.25) is 0 Å². The first-order valence-electron chi connectivity index (χ1n) is 7.06. The van der Waals surface area contributed by atoms with Crippen molar-refractivity contribution in [2.45, 2.75) is 13.0 Å². The van der Waals surface area contributed by atoms with Crippen LogP contribution in [0.25, 0.3) is 11.0 Å². The quantitative estimate of drug-likeness (QED) is 0.646. The van der Waals surface area contributed by atoms with Gasteiger partial charge in [0.1, 0.15) is 18.2 Å². The van der Waals surface area contributed by atoms with Gasteiger partial charge in [0, 0.05) is 12.3 Å². The zero-order chi connectivity index (χ0) is 14.5. The lowest BCUT2D eigenvalue weighted by atomic mass is 10.3. The van der Waals surface area contributed by atoms with Gasteiger partial charge in [0.15, 0.2) is 0 Å². The number of hydrogen-bond acceptors (Lipinski definition) is 2. The van der Waals surface area contributed by atoms with Crippen LogP contribution in [0.4, 0.5) is 0 Å². The van der Waals surface area contributed by atoms with E-state index >= 15 is 0 Å². The Morgan fingerprint density at radius 1 is 1.00 bits per heavy atom. The Hall–Kier alpha value is -2.00. The van der Waals surface area contributed by atoms with E-state index in [1.165, 1.54) is 0 Å². The van der Waals surface area contributed by atoms with Crippen molar-refractivity contribution in [2.24, 2.45) is 0 Å². The van der Waals surface area contributed by atoms with E-state index in [-0.39, 0.29) is 0 Å². The van der Waals surface area contributed by atoms with Crippen LogP contribution >= 0.6 is 11.6 Å². The Balaban J connectivity index is 1.77. The number of aromatic nitrogens is 2. The highest BCUT2D eigenvalue weighted by Crippen LogP contribution is 2.17. The first-order chi connectivity index (χ1) is 10.4. The van der Waals surface area contributed by atoms with Crippen LogP contribution in [-0.2, 0) is 13.0 Å². The topological polar surface area (TPSA) is 27.1 Å². The van der Waals surface area contributed by atoms with Crippen molar-refractivity contribution >= 4 is 22.6 Å². The molecule has 4 heteroatoms. The van der Waals surface area contributed by atoms with Crippen LogP contribution in [0.5, 0.6) is 5.75 Å². The summed E-state index contributed by atoms with van der Waals surface area (Å²) in [5, 5.41) is 0. The molecule has 1 aromatic heterocycles. The average molecular weight is 301 g/mol. The normalized spacial score (nSPS) is 10.9. The summed E-state index contributed by atoms with van der Waals surface area (Å²) in [4.78, 5) is 4.65. The van der Waals surface area contributed by atoms with Crippen molar-refractivity contribution in [3.63, 3.8) is 0 Å². The Morgan fingerprint density at radius 2 is 1.76 bits per heavy atom. The number of benzene rings is 2. The maximum atomic E-state index is 5.88. The van der Waals surface area contributed by atoms with Gasteiger partial charge >= 0.3 is 0 Å². The predicted molar refractivity (Wildman–Crippen MR) is 86.1 cm³/mol. The summed E-state index contributed by atoms with van der Waals surface area (Å²) in [6.07, 6.45) is 0.765. The van der Waals surface area contributed by atoms with Gasteiger partial charge in [0.05, 0.1) is 17.6 Å². The van der Waals surface area contributed by atoms with E-state index in [0.29, 0.717) is 12.5 Å². The van der Waals surface area contributed by atoms with E-state index < -0.39 is 0 Å². The van der Waals surface area contributed by atoms with Gasteiger partial charge in [0.25, 0.3) is 0 Å². The smallest absolute Gasteiger partial charge is 0.119 e. The Bertz CT molecular complexity index is 709. The number of ether oxygens (including phenoxy) is 1. The van der Waals surface area contributed by atoms with Crippen molar-refractivity contribution in [3.05, 3.63) is 60.4 Å². The van der Waals surface area contributed by atoms with Crippen molar-refractivity contribution in [1.29, 1.82) is 0 Å². The summed E-state index contributed by atoms with van der Waals surface area (Å²) in [7, 11) is 0. The molecule has 0 spiro atoms. The number of imidazole rings is 1. The van der Waals surface area contributed by atoms with Gasteiger partial charge < -0.3 is 9.30 Å². The summed E-state index contributed by atoms with van der Waals surface area (Å²) in [6.45, 7) is 1.38. The summed E-state index contributed by atoms with van der Waals surface area (Å²) in [5.41, 5.74) is 2.15. The number of para-hydroxylation sites is 3. The number of rotatable bonds is 6. The number of nitrogens with zero attached hydrogens (tertiary/aromatic N) is 2. The molecule has 0 aliphatic heterocycles. The van der Waals surface area contributed by atoms with Gasteiger partial charge in [-0.25, -0.2) is 4.98 Å². The lowest BCUT2D eigenvalue weighted by molar-refractivity contribution is 0.298. The number of halogens is 1. The highest BCUT2D eigenvalue weighted by molar-refractivity contribution is 6.17. The van der Waals surface area contributed by atoms with Crippen molar-refractivity contribution < 1.29 is 4.74 Å². The Morgan fingerprint density at radius 3 is 2.57 bits per heavy atom. The van der Waals surface area contributed by atoms with E-state index in [0.717, 1.165) is 35.6 Å². The molecule has 0 fully saturated rings. The first-order valence-corrected chi connectivity index (χ1v) is 7.60. The standard InChI is InChI=1S/C17H17ClN2O/c18-11-10-17-19-15-8-4-5-9-16(15)20(17)12-13-21-14-6-2-1-3-7-14/h1-9H,10-13H2. The van der Waals surface area contributed by atoms with E-state index in [2.05, 4.69) is 15.6 Å². The molecule has 1 heterocycles. The van der Waals surface area contributed by atoms with Gasteiger partial charge in [-0.15, -0.1) is 11.6 Å². The van der Waals surface area contributed by atoms with Gasteiger partial charge in [0.2, 0.25) is 0 Å². The molecular formula is C17H17ClN2O. The van der Waals surface area contributed by atoms with Crippen LogP contribution in [0, 0.1) is 0 Å². The third kappa shape index (κ3) is 3.19. The molecule has 0 amide bonds. The zero-order valence-corrected chi connectivity index (χ0v) is 12.5. The predicted octanol–water partition coefficient (Wildman–Crippen LogP) is 3.90. The number of fused-ring (bicyclic) bond motifs is 1. The molecule has 0 unspecified atom stereocenters. The third-order valence-corrected chi connectivity index (χ3v) is 3.57. The summed E-state index contributed by atoms with van der Waals surface area (Å²) >= 11 is 5.88. The summed E-state index contributed by atoms with van der Waals surface area (Å²) < 4.78 is 7.97. The highest BCUT2D eigenvalue weighted by Gasteiger charge is 2.09. The molecule has 0 aliphatic carbocycles. The Labute approximate surface area is 129 Å². The van der Waals surface area contributed by atoms with Crippen molar-refractivity contribution in [2.75, 3.05) is 12.5 Å². The zero-order valence-electron chi connectivity index (χ0n) is 11.7. The van der Waals surface area contributed by atoms with E-state index in [1.807, 2.05) is 48.5 Å². The molecule has 0 atom stereocenters. The highest BCUT2D eigenvalue weighted by atomic mass is 35.5. The van der Waals surface area contributed by atoms with E-state index in [9.17, 15) is 0 Å². The molecule has 0 saturated carbocycles. The molecule has 0 N–H and O–H groups in total. The van der Waals surface area contributed by atoms with Gasteiger partial charge in [-0.05, 0) is 24.3 Å². The van der Waals surface area contributed by atoms with E-state index in [4.69, 9.17) is 16.3 Å². The number of hydrogen-bond donors (Lipinski definition) is 0. The second kappa shape index (κ2) is 6.64. The minimum atomic E-state index is 0.572. The number of alkyl halides is 1. The second-order valence-electron chi connectivity index (χ2n) is 4.77. The molecule has 0 bridgehead atoms. The van der Waals surface area contributed by atoms with Crippen LogP contribution in [-0.4, -0.2) is 22.0 Å². The summed E-state index contributed by atoms with van der Waals surface area (Å²) in [6, 6.07) is 18.0. The number of aryl methyl sites for hydroxylation is 1. The fraction of sp³-hybridized carbons (Fsp3) is 0.235. The fourth-order valence-electron chi connectivity index (χ4n) is 2.42. The average Bonchev–Trinajstić information content (AvgIpc) is 2.87. The lowest BCUT2D eigenvalue weighted by Gasteiger charge is -2.10. The maximum Gasteiger partial charge on any atom is 0.119 e. The molecule has 3 nitrogen and oxygen atoms in total. The van der Waals surface area contributed by atoms with Crippen LogP contribution in [0.15, 0.2) is 54.6 Å². The molecule has 108 valence electrons. The van der Waals surface area contributed by atoms with Crippen molar-refractivity contribution in [1.82, 2.24) is 9.55 Å². The van der Waals surface area contributed by atoms with Crippen LogP contribution in [0.3, 0.4) is 0 Å². The summed E-state index contributed by atoms with van der Waals surface area (Å²) in [5.74, 6) is 2.48. The van der Waals surface area contributed by atoms with Gasteiger partial charge in [-0.1, -0.05) is 30.3 Å². The van der Waals surface area contributed by atoms with Crippen LogP contribution in [0.1, 0.15) is 5.82 Å². The molecule has 3 aromatic rings. The van der Waals surface area contributed by atoms with Gasteiger partial charge in [-0.3, -0.25) is 0 Å². The molecular weight excluding hydrogens is 284 g/mol. The molecule has 3 rings (SSSR count). The fourth-order valence-corrected chi connectivity index (χ4v) is 2.59. The first kappa shape index (κ1) is 14.0. The SMILES string of the molecule is ClCCc1nc2ccccc2n1CCOc1ccccc1. The third-order valence-electron chi connectivity index (χ3n) is 3.38. The van der Waals surface area contributed by atoms with E-state index in [1.54, 1.807) is 0 Å². The minimum absolute atomic E-state index is 0.572. The molecule has 0 saturated heterocycles. The molecule has 21 heavy (non-hydrogen) atoms. The second-order valence-corrected chi connectivity index (χ2v) is 5.15. The minimum Gasteiger partial charge on any atom is -0.492 e. The maximum absolute atomic E-state index is 5.88. The largest absolute Gasteiger partial charge is 0.492 e. The van der Waals surface area contributed by atoms with Gasteiger partial charge in [-0.2, -0.15) is 0 Å². The monoisotopic (exact) mass is 300 g/mol. The molecule has 0 radical (unpaired) electrons.